The fourth-order valence-corrected chi connectivity index (χ4v) is 3.40. The third-order valence-electron chi connectivity index (χ3n) is 3.84. The zero-order valence-corrected chi connectivity index (χ0v) is 12.1. The van der Waals surface area contributed by atoms with E-state index in [1.54, 1.807) is 0 Å². The maximum absolute atomic E-state index is 3.84. The maximum Gasteiger partial charge on any atom is 0.0226 e. The first-order chi connectivity index (χ1) is 8.49. The second kappa shape index (κ2) is 5.44. The number of nitrogens with one attached hydrogen (secondary N) is 1. The lowest BCUT2D eigenvalue weighted by molar-refractivity contribution is 0.168. The van der Waals surface area contributed by atoms with Crippen LogP contribution in [0.25, 0.3) is 0 Å². The predicted molar refractivity (Wildman–Crippen MR) is 78.8 cm³/mol. The van der Waals surface area contributed by atoms with E-state index in [1.165, 1.54) is 44.2 Å². The Kier molecular flexibility index (Phi) is 4.11. The summed E-state index contributed by atoms with van der Waals surface area (Å²) < 4.78 is 0. The average molecular weight is 245 g/mol. The van der Waals surface area contributed by atoms with Crippen LogP contribution < -0.4 is 5.32 Å². The lowest BCUT2D eigenvalue weighted by Crippen LogP contribution is -2.52. The quantitative estimate of drug-likeness (QED) is 0.842. The normalized spacial score (nSPS) is 25.1. The van der Waals surface area contributed by atoms with Crippen molar-refractivity contribution in [3.63, 3.8) is 0 Å². The van der Waals surface area contributed by atoms with E-state index in [0.717, 1.165) is 0 Å². The molecule has 1 unspecified atom stereocenters. The molecule has 2 rings (SSSR count). The zero-order valence-electron chi connectivity index (χ0n) is 12.1. The van der Waals surface area contributed by atoms with Gasteiger partial charge in [0.1, 0.15) is 0 Å². The van der Waals surface area contributed by atoms with Crippen molar-refractivity contribution in [1.82, 2.24) is 5.32 Å². The van der Waals surface area contributed by atoms with Crippen molar-refractivity contribution in [2.75, 3.05) is 6.54 Å². The molecule has 0 radical (unpaired) electrons. The summed E-state index contributed by atoms with van der Waals surface area (Å²) in [4.78, 5) is 0. The molecule has 18 heavy (non-hydrogen) atoms. The van der Waals surface area contributed by atoms with Crippen LogP contribution in [-0.2, 0) is 6.42 Å². The van der Waals surface area contributed by atoms with Crippen molar-refractivity contribution in [3.8, 4) is 0 Å². The van der Waals surface area contributed by atoms with Crippen molar-refractivity contribution in [2.24, 2.45) is 5.41 Å². The molecule has 1 aliphatic rings. The summed E-state index contributed by atoms with van der Waals surface area (Å²) in [6.45, 7) is 8.25. The Bertz CT molecular complexity index is 355. The van der Waals surface area contributed by atoms with Gasteiger partial charge in [-0.15, -0.1) is 0 Å². The minimum absolute atomic E-state index is 0.317. The van der Waals surface area contributed by atoms with Crippen LogP contribution in [-0.4, -0.2) is 12.1 Å². The number of rotatable bonds is 3. The van der Waals surface area contributed by atoms with Gasteiger partial charge in [-0.2, -0.15) is 0 Å². The van der Waals surface area contributed by atoms with Crippen LogP contribution in [0.3, 0.4) is 0 Å². The number of benzene rings is 1. The van der Waals surface area contributed by atoms with E-state index in [9.17, 15) is 0 Å². The van der Waals surface area contributed by atoms with E-state index < -0.39 is 0 Å². The van der Waals surface area contributed by atoms with Crippen LogP contribution in [0.1, 0.15) is 52.0 Å². The predicted octanol–water partition coefficient (Wildman–Crippen LogP) is 4.18. The molecule has 1 aromatic carbocycles. The SMILES string of the molecule is CC(C)(C)CC1(Cc2ccccc2)CCCCN1. The summed E-state index contributed by atoms with van der Waals surface area (Å²) in [6, 6.07) is 10.9. The standard InChI is InChI=1S/C17H27N/c1-16(2,3)14-17(11-7-8-12-18-17)13-15-9-5-4-6-10-15/h4-6,9-10,18H,7-8,11-14H2,1-3H3. The van der Waals surface area contributed by atoms with Crippen molar-refractivity contribution >= 4 is 0 Å². The topological polar surface area (TPSA) is 12.0 Å². The van der Waals surface area contributed by atoms with Gasteiger partial charge < -0.3 is 5.32 Å². The molecule has 0 bridgehead atoms. The van der Waals surface area contributed by atoms with Crippen molar-refractivity contribution in [1.29, 1.82) is 0 Å². The molecule has 1 nitrogen and oxygen atoms in total. The average Bonchev–Trinajstić information content (AvgIpc) is 2.28. The first-order valence-electron chi connectivity index (χ1n) is 7.28. The highest BCUT2D eigenvalue weighted by Crippen LogP contribution is 2.35. The lowest BCUT2D eigenvalue weighted by atomic mass is 9.72. The van der Waals surface area contributed by atoms with E-state index in [0.29, 0.717) is 11.0 Å². The monoisotopic (exact) mass is 245 g/mol. The first-order valence-corrected chi connectivity index (χ1v) is 7.28. The molecule has 1 aromatic rings. The molecule has 0 spiro atoms. The number of hydrogen-bond donors (Lipinski definition) is 1. The van der Waals surface area contributed by atoms with Gasteiger partial charge in [0.25, 0.3) is 0 Å². The van der Waals surface area contributed by atoms with Gasteiger partial charge in [-0.3, -0.25) is 0 Å². The van der Waals surface area contributed by atoms with Crippen LogP contribution in [0.5, 0.6) is 0 Å². The van der Waals surface area contributed by atoms with Crippen LogP contribution in [0, 0.1) is 5.41 Å². The van der Waals surface area contributed by atoms with Crippen LogP contribution in [0.15, 0.2) is 30.3 Å². The molecule has 0 amide bonds. The van der Waals surface area contributed by atoms with Crippen LogP contribution >= 0.6 is 0 Å². The van der Waals surface area contributed by atoms with E-state index in [1.807, 2.05) is 0 Å². The van der Waals surface area contributed by atoms with Gasteiger partial charge in [-0.05, 0) is 43.2 Å². The molecule has 1 heterocycles. The summed E-state index contributed by atoms with van der Waals surface area (Å²) in [5, 5.41) is 3.84. The Morgan fingerprint density at radius 1 is 1.11 bits per heavy atom. The highest BCUT2D eigenvalue weighted by atomic mass is 15.0. The van der Waals surface area contributed by atoms with E-state index in [4.69, 9.17) is 0 Å². The zero-order chi connectivity index (χ0) is 13.1. The molecule has 100 valence electrons. The highest BCUT2D eigenvalue weighted by Gasteiger charge is 2.35. The van der Waals surface area contributed by atoms with Gasteiger partial charge in [0.2, 0.25) is 0 Å². The molecular weight excluding hydrogens is 218 g/mol. The third kappa shape index (κ3) is 3.84. The summed E-state index contributed by atoms with van der Waals surface area (Å²) >= 11 is 0. The molecule has 1 fully saturated rings. The Labute approximate surface area is 112 Å². The molecule has 1 heteroatoms. The van der Waals surface area contributed by atoms with Gasteiger partial charge in [0, 0.05) is 5.54 Å². The smallest absolute Gasteiger partial charge is 0.0226 e. The van der Waals surface area contributed by atoms with Gasteiger partial charge >= 0.3 is 0 Å². The molecule has 1 atom stereocenters. The van der Waals surface area contributed by atoms with E-state index in [2.05, 4.69) is 56.4 Å². The summed E-state index contributed by atoms with van der Waals surface area (Å²) in [5.41, 5.74) is 2.17. The highest BCUT2D eigenvalue weighted by molar-refractivity contribution is 5.18. The van der Waals surface area contributed by atoms with Crippen molar-refractivity contribution in [2.45, 2.75) is 58.4 Å². The Morgan fingerprint density at radius 2 is 1.83 bits per heavy atom. The molecule has 0 aliphatic carbocycles. The van der Waals surface area contributed by atoms with Gasteiger partial charge in [-0.25, -0.2) is 0 Å². The minimum Gasteiger partial charge on any atom is -0.311 e. The molecule has 1 N–H and O–H groups in total. The Hall–Kier alpha value is -0.820. The van der Waals surface area contributed by atoms with Gasteiger partial charge in [0.15, 0.2) is 0 Å². The fourth-order valence-electron chi connectivity index (χ4n) is 3.40. The second-order valence-electron chi connectivity index (χ2n) is 7.06. The molecule has 1 saturated heterocycles. The van der Waals surface area contributed by atoms with Crippen LogP contribution in [0.2, 0.25) is 0 Å². The minimum atomic E-state index is 0.317. The van der Waals surface area contributed by atoms with Crippen molar-refractivity contribution < 1.29 is 0 Å². The van der Waals surface area contributed by atoms with E-state index >= 15 is 0 Å². The van der Waals surface area contributed by atoms with Gasteiger partial charge in [-0.1, -0.05) is 57.5 Å². The Morgan fingerprint density at radius 3 is 2.39 bits per heavy atom. The molecule has 1 aliphatic heterocycles. The number of hydrogen-bond acceptors (Lipinski definition) is 1. The lowest BCUT2D eigenvalue weighted by Gasteiger charge is -2.43. The summed E-state index contributed by atoms with van der Waals surface area (Å²) in [5.74, 6) is 0. The van der Waals surface area contributed by atoms with Crippen LogP contribution in [0.4, 0.5) is 0 Å². The largest absolute Gasteiger partial charge is 0.311 e. The van der Waals surface area contributed by atoms with E-state index in [-0.39, 0.29) is 0 Å². The molecular formula is C17H27N. The maximum atomic E-state index is 3.84. The molecule has 0 saturated carbocycles. The molecule has 0 aromatic heterocycles. The van der Waals surface area contributed by atoms with Gasteiger partial charge in [0.05, 0.1) is 0 Å². The second-order valence-corrected chi connectivity index (χ2v) is 7.06. The number of piperidine rings is 1. The Balaban J connectivity index is 2.14. The van der Waals surface area contributed by atoms with Crippen molar-refractivity contribution in [3.05, 3.63) is 35.9 Å². The third-order valence-corrected chi connectivity index (χ3v) is 3.84. The summed E-state index contributed by atoms with van der Waals surface area (Å²) in [6.07, 6.45) is 6.45. The first kappa shape index (κ1) is 13.6. The summed E-state index contributed by atoms with van der Waals surface area (Å²) in [7, 11) is 0. The fraction of sp³-hybridized carbons (Fsp3) is 0.647.